The molecule has 1 aliphatic heterocycles. The summed E-state index contributed by atoms with van der Waals surface area (Å²) in [6.45, 7) is 2.12. The molecule has 1 aliphatic rings. The van der Waals surface area contributed by atoms with E-state index >= 15 is 0 Å². The molecule has 2 amide bonds. The summed E-state index contributed by atoms with van der Waals surface area (Å²) in [5, 5.41) is 20.3. The molecule has 6 rings (SSSR count). The van der Waals surface area contributed by atoms with Crippen LogP contribution in [0.5, 0.6) is 0 Å². The van der Waals surface area contributed by atoms with Crippen molar-refractivity contribution in [2.45, 2.75) is 31.1 Å². The Morgan fingerprint density at radius 3 is 2.47 bits per heavy atom. The zero-order valence-corrected chi connectivity index (χ0v) is 24.8. The summed E-state index contributed by atoms with van der Waals surface area (Å²) in [6.07, 6.45) is 0.622. The number of thiophene rings is 1. The lowest BCUT2D eigenvalue weighted by Gasteiger charge is -2.22. The van der Waals surface area contributed by atoms with E-state index in [1.807, 2.05) is 54.8 Å². The summed E-state index contributed by atoms with van der Waals surface area (Å²) >= 11 is 2.82. The molecular formula is C32H27FN6O2S2. The highest BCUT2D eigenvalue weighted by molar-refractivity contribution is 7.99. The molecule has 3 heterocycles. The van der Waals surface area contributed by atoms with Gasteiger partial charge in [0.1, 0.15) is 5.82 Å². The number of benzene rings is 3. The molecule has 0 radical (unpaired) electrons. The van der Waals surface area contributed by atoms with Crippen LogP contribution in [0.2, 0.25) is 0 Å². The molecular weight excluding hydrogens is 584 g/mol. The van der Waals surface area contributed by atoms with Gasteiger partial charge in [-0.25, -0.2) is 9.40 Å². The fourth-order valence-electron chi connectivity index (χ4n) is 4.78. The number of halogens is 1. The number of carbonyl (C=O) groups excluding carboxylic acids is 2. The lowest BCUT2D eigenvalue weighted by molar-refractivity contribution is -0.130. The molecule has 1 N–H and O–H groups in total. The van der Waals surface area contributed by atoms with Gasteiger partial charge in [0.2, 0.25) is 0 Å². The second-order valence-electron chi connectivity index (χ2n) is 9.94. The molecule has 11 heteroatoms. The van der Waals surface area contributed by atoms with Crippen LogP contribution in [0.4, 0.5) is 4.39 Å². The maximum Gasteiger partial charge on any atom is 0.253 e. The minimum atomic E-state index is -0.379. The molecule has 43 heavy (non-hydrogen) atoms. The highest BCUT2D eigenvalue weighted by Crippen LogP contribution is 2.35. The number of hydrazone groups is 1. The average molecular weight is 611 g/mol. The molecule has 216 valence electrons. The van der Waals surface area contributed by atoms with Gasteiger partial charge in [0, 0.05) is 17.7 Å². The molecule has 0 spiro atoms. The number of aromatic nitrogens is 3. The molecule has 5 aromatic rings. The lowest BCUT2D eigenvalue weighted by Crippen LogP contribution is -2.28. The second-order valence-corrected chi connectivity index (χ2v) is 11.8. The Labute approximate surface area is 256 Å². The topological polar surface area (TPSA) is 92.5 Å². The summed E-state index contributed by atoms with van der Waals surface area (Å²) in [5.74, 6) is -0.304. The first-order valence-corrected chi connectivity index (χ1v) is 15.5. The summed E-state index contributed by atoms with van der Waals surface area (Å²) < 4.78 is 15.5. The average Bonchev–Trinajstić information content (AvgIpc) is 3.80. The van der Waals surface area contributed by atoms with E-state index in [4.69, 9.17) is 5.10 Å². The predicted octanol–water partition coefficient (Wildman–Crippen LogP) is 6.18. The van der Waals surface area contributed by atoms with E-state index in [9.17, 15) is 14.0 Å². The van der Waals surface area contributed by atoms with E-state index in [-0.39, 0.29) is 36.0 Å². The van der Waals surface area contributed by atoms with E-state index < -0.39 is 0 Å². The molecule has 0 aliphatic carbocycles. The molecule has 3 aromatic carbocycles. The first-order chi connectivity index (χ1) is 21.0. The maximum absolute atomic E-state index is 13.8. The smallest absolute Gasteiger partial charge is 0.253 e. The van der Waals surface area contributed by atoms with Crippen molar-refractivity contribution < 1.29 is 14.0 Å². The van der Waals surface area contributed by atoms with E-state index in [0.717, 1.165) is 21.7 Å². The molecule has 8 nitrogen and oxygen atoms in total. The second kappa shape index (κ2) is 12.7. The first kappa shape index (κ1) is 28.5. The molecule has 0 unspecified atom stereocenters. The van der Waals surface area contributed by atoms with Crippen molar-refractivity contribution in [1.29, 1.82) is 0 Å². The molecule has 0 fully saturated rings. The van der Waals surface area contributed by atoms with Crippen molar-refractivity contribution in [3.05, 3.63) is 130 Å². The minimum absolute atomic E-state index is 0.0548. The van der Waals surface area contributed by atoms with Crippen LogP contribution in [-0.2, 0) is 11.3 Å². The maximum atomic E-state index is 13.8. The molecule has 0 saturated carbocycles. The van der Waals surface area contributed by atoms with Crippen molar-refractivity contribution >= 4 is 40.6 Å². The highest BCUT2D eigenvalue weighted by atomic mass is 32.2. The van der Waals surface area contributed by atoms with Crippen LogP contribution in [0.15, 0.2) is 107 Å². The quantitative estimate of drug-likeness (QED) is 0.201. The number of hydrogen-bond donors (Lipinski definition) is 1. The van der Waals surface area contributed by atoms with Gasteiger partial charge in [-0.05, 0) is 60.3 Å². The Kier molecular flexibility index (Phi) is 8.43. The van der Waals surface area contributed by atoms with E-state index in [0.29, 0.717) is 28.7 Å². The van der Waals surface area contributed by atoms with Crippen LogP contribution in [0.3, 0.4) is 0 Å². The number of amides is 2. The number of hydrogen-bond acceptors (Lipinski definition) is 7. The van der Waals surface area contributed by atoms with Gasteiger partial charge < -0.3 is 5.32 Å². The fourth-order valence-corrected chi connectivity index (χ4v) is 6.33. The van der Waals surface area contributed by atoms with Gasteiger partial charge >= 0.3 is 0 Å². The van der Waals surface area contributed by atoms with Crippen LogP contribution in [0.25, 0.3) is 5.69 Å². The van der Waals surface area contributed by atoms with Crippen LogP contribution in [0, 0.1) is 12.7 Å². The van der Waals surface area contributed by atoms with Crippen molar-refractivity contribution in [2.75, 3.05) is 5.75 Å². The summed E-state index contributed by atoms with van der Waals surface area (Å²) in [6, 6.07) is 26.7. The number of carbonyl (C=O) groups is 2. The lowest BCUT2D eigenvalue weighted by atomic mass is 10.00. The van der Waals surface area contributed by atoms with Gasteiger partial charge in [-0.3, -0.25) is 14.2 Å². The fraction of sp³-hybridized carbons (Fsp3) is 0.156. The van der Waals surface area contributed by atoms with Crippen molar-refractivity contribution in [3.63, 3.8) is 0 Å². The van der Waals surface area contributed by atoms with Crippen LogP contribution in [-0.4, -0.2) is 43.1 Å². The number of nitrogens with one attached hydrogen (secondary N) is 1. The Hall–Kier alpha value is -4.61. The molecule has 1 atom stereocenters. The van der Waals surface area contributed by atoms with Gasteiger partial charge in [0.15, 0.2) is 11.0 Å². The van der Waals surface area contributed by atoms with E-state index in [2.05, 4.69) is 15.5 Å². The van der Waals surface area contributed by atoms with E-state index in [1.54, 1.807) is 57.3 Å². The predicted molar refractivity (Wildman–Crippen MR) is 166 cm³/mol. The first-order valence-electron chi connectivity index (χ1n) is 13.6. The largest absolute Gasteiger partial charge is 0.345 e. The van der Waals surface area contributed by atoms with Gasteiger partial charge in [0.25, 0.3) is 11.8 Å². The summed E-state index contributed by atoms with van der Waals surface area (Å²) in [5.41, 5.74) is 4.18. The summed E-state index contributed by atoms with van der Waals surface area (Å²) in [7, 11) is 0. The summed E-state index contributed by atoms with van der Waals surface area (Å²) in [4.78, 5) is 27.4. The third kappa shape index (κ3) is 6.42. The Morgan fingerprint density at radius 1 is 0.977 bits per heavy atom. The van der Waals surface area contributed by atoms with Gasteiger partial charge in [-0.2, -0.15) is 5.10 Å². The minimum Gasteiger partial charge on any atom is -0.345 e. The monoisotopic (exact) mass is 610 g/mol. The Bertz CT molecular complexity index is 1750. The Balaban J connectivity index is 1.23. The number of rotatable bonds is 9. The van der Waals surface area contributed by atoms with Gasteiger partial charge in [0.05, 0.1) is 28.9 Å². The number of thioether (sulfide) groups is 1. The van der Waals surface area contributed by atoms with Crippen molar-refractivity contribution in [3.8, 4) is 5.69 Å². The van der Waals surface area contributed by atoms with Crippen molar-refractivity contribution in [1.82, 2.24) is 25.1 Å². The highest BCUT2D eigenvalue weighted by Gasteiger charge is 2.33. The third-order valence-corrected chi connectivity index (χ3v) is 8.82. The number of aryl methyl sites for hydroxylation is 1. The zero-order valence-electron chi connectivity index (χ0n) is 23.2. The Morgan fingerprint density at radius 2 is 1.74 bits per heavy atom. The van der Waals surface area contributed by atoms with E-state index in [1.165, 1.54) is 23.9 Å². The van der Waals surface area contributed by atoms with Crippen molar-refractivity contribution in [2.24, 2.45) is 5.10 Å². The normalized spacial score (nSPS) is 14.5. The third-order valence-electron chi connectivity index (χ3n) is 6.99. The SMILES string of the molecule is Cc1ccc([C@@H]2CC(c3cccs3)=NN2C(=O)CSc2nnc(CNC(=O)c3ccccc3)n2-c2ccc(F)cc2)cc1. The van der Waals surface area contributed by atoms with Crippen LogP contribution >= 0.6 is 23.1 Å². The molecule has 2 aromatic heterocycles. The number of nitrogens with zero attached hydrogens (tertiary/aromatic N) is 5. The van der Waals surface area contributed by atoms with Gasteiger partial charge in [-0.1, -0.05) is 65.9 Å². The molecule has 0 saturated heterocycles. The zero-order chi connectivity index (χ0) is 29.8. The van der Waals surface area contributed by atoms with Crippen LogP contribution < -0.4 is 5.32 Å². The molecule has 0 bridgehead atoms. The standard InChI is InChI=1S/C32H27FN6O2S2/c1-21-9-11-22(12-10-21)27-18-26(28-8-5-17-42-28)37-39(27)30(40)20-43-32-36-35-29(38(32)25-15-13-24(33)14-16-25)19-34-31(41)23-6-3-2-4-7-23/h2-17,27H,18-20H2,1H3,(H,34,41)/t27-/m0/s1. The van der Waals surface area contributed by atoms with Gasteiger partial charge in [-0.15, -0.1) is 21.5 Å². The van der Waals surface area contributed by atoms with Crippen LogP contribution in [0.1, 0.15) is 44.6 Å².